The fourth-order valence-electron chi connectivity index (χ4n) is 2.87. The first kappa shape index (κ1) is 14.1. The Morgan fingerprint density at radius 3 is 2.70 bits per heavy atom. The first-order valence-electron chi connectivity index (χ1n) is 7.44. The van der Waals surface area contributed by atoms with Crippen molar-refractivity contribution in [3.63, 3.8) is 0 Å². The van der Waals surface area contributed by atoms with E-state index in [1.54, 1.807) is 27.3 Å². The van der Waals surface area contributed by atoms with Gasteiger partial charge >= 0.3 is 0 Å². The summed E-state index contributed by atoms with van der Waals surface area (Å²) in [6.07, 6.45) is 8.95. The van der Waals surface area contributed by atoms with Crippen molar-refractivity contribution < 1.29 is 8.42 Å². The molecule has 1 atom stereocenters. The lowest BCUT2D eigenvalue weighted by Gasteiger charge is -2.29. The van der Waals surface area contributed by atoms with E-state index in [4.69, 9.17) is 0 Å². The zero-order chi connectivity index (χ0) is 14.2. The van der Waals surface area contributed by atoms with Gasteiger partial charge in [-0.3, -0.25) is 0 Å². The molecule has 1 saturated heterocycles. The minimum absolute atomic E-state index is 0.212. The molecule has 1 saturated carbocycles. The molecule has 1 aromatic rings. The summed E-state index contributed by atoms with van der Waals surface area (Å²) in [5.41, 5.74) is 0. The highest BCUT2D eigenvalue weighted by Gasteiger charge is 2.39. The zero-order valence-electron chi connectivity index (χ0n) is 12.0. The molecule has 2 aliphatic rings. The largest absolute Gasteiger partial charge is 0.356 e. The van der Waals surface area contributed by atoms with E-state index < -0.39 is 10.0 Å². The molecule has 1 aliphatic heterocycles. The predicted molar refractivity (Wildman–Crippen MR) is 78.0 cm³/mol. The van der Waals surface area contributed by atoms with Crippen LogP contribution in [0.3, 0.4) is 0 Å². The van der Waals surface area contributed by atoms with Crippen LogP contribution in [0.4, 0.5) is 0 Å². The lowest BCUT2D eigenvalue weighted by atomic mass is 10.1. The zero-order valence-corrected chi connectivity index (χ0v) is 12.8. The average molecular weight is 297 g/mol. The van der Waals surface area contributed by atoms with E-state index in [-0.39, 0.29) is 6.04 Å². The number of aryl methyl sites for hydroxylation is 1. The van der Waals surface area contributed by atoms with Crippen molar-refractivity contribution in [2.24, 2.45) is 7.05 Å². The maximum atomic E-state index is 12.8. The van der Waals surface area contributed by atoms with E-state index in [1.807, 2.05) is 7.05 Å². The molecular formula is C14H23N3O2S. The lowest BCUT2D eigenvalue weighted by molar-refractivity contribution is 0.307. The van der Waals surface area contributed by atoms with Crippen molar-refractivity contribution >= 4 is 10.0 Å². The first-order chi connectivity index (χ1) is 9.57. The van der Waals surface area contributed by atoms with Gasteiger partial charge in [0.2, 0.25) is 10.0 Å². The van der Waals surface area contributed by atoms with Gasteiger partial charge in [0.05, 0.1) is 4.90 Å². The molecule has 1 aliphatic carbocycles. The second-order valence-corrected chi connectivity index (χ2v) is 7.86. The maximum Gasteiger partial charge on any atom is 0.244 e. The van der Waals surface area contributed by atoms with E-state index in [1.165, 1.54) is 12.8 Å². The van der Waals surface area contributed by atoms with Crippen LogP contribution in [-0.4, -0.2) is 42.5 Å². The minimum atomic E-state index is -3.34. The number of hydrogen-bond acceptors (Lipinski definition) is 3. The van der Waals surface area contributed by atoms with Crippen LogP contribution in [0.1, 0.15) is 32.1 Å². The van der Waals surface area contributed by atoms with Crippen molar-refractivity contribution in [3.8, 4) is 0 Å². The standard InChI is InChI=1S/C14H23N3O2S/c1-16-9-7-14(11-16)20(18,19)17(13-5-6-13)10-12-4-2-3-8-15-12/h7,9,11-13,15H,2-6,8,10H2,1H3. The van der Waals surface area contributed by atoms with Gasteiger partial charge in [0.1, 0.15) is 0 Å². The SMILES string of the molecule is Cn1ccc(S(=O)(=O)N(CC2CCCCN2)C2CC2)c1. The van der Waals surface area contributed by atoms with E-state index in [9.17, 15) is 8.42 Å². The Morgan fingerprint density at radius 2 is 2.15 bits per heavy atom. The minimum Gasteiger partial charge on any atom is -0.356 e. The molecule has 0 bridgehead atoms. The second-order valence-electron chi connectivity index (χ2n) is 5.97. The van der Waals surface area contributed by atoms with Crippen LogP contribution < -0.4 is 5.32 Å². The molecule has 0 radical (unpaired) electrons. The maximum absolute atomic E-state index is 12.8. The summed E-state index contributed by atoms with van der Waals surface area (Å²) in [6, 6.07) is 2.21. The van der Waals surface area contributed by atoms with Crippen LogP contribution in [0.15, 0.2) is 23.4 Å². The third kappa shape index (κ3) is 2.92. The number of rotatable bonds is 5. The molecule has 5 nitrogen and oxygen atoms in total. The Hall–Kier alpha value is -0.850. The van der Waals surface area contributed by atoms with Crippen LogP contribution in [0.2, 0.25) is 0 Å². The Morgan fingerprint density at radius 1 is 1.35 bits per heavy atom. The summed E-state index contributed by atoms with van der Waals surface area (Å²) in [5.74, 6) is 0. The van der Waals surface area contributed by atoms with E-state index in [2.05, 4.69) is 5.32 Å². The summed E-state index contributed by atoms with van der Waals surface area (Å²) in [6.45, 7) is 1.62. The molecule has 2 heterocycles. The number of piperidine rings is 1. The second kappa shape index (κ2) is 5.50. The molecule has 1 unspecified atom stereocenters. The quantitative estimate of drug-likeness (QED) is 0.892. The Labute approximate surface area is 121 Å². The summed E-state index contributed by atoms with van der Waals surface area (Å²) in [5, 5.41) is 3.45. The Kier molecular flexibility index (Phi) is 3.88. The number of hydrogen-bond donors (Lipinski definition) is 1. The van der Waals surface area contributed by atoms with Gasteiger partial charge in [0.15, 0.2) is 0 Å². The molecule has 1 aromatic heterocycles. The Bertz CT molecular complexity index is 557. The third-order valence-corrected chi connectivity index (χ3v) is 6.08. The highest BCUT2D eigenvalue weighted by atomic mass is 32.2. The molecule has 0 amide bonds. The van der Waals surface area contributed by atoms with Gasteiger partial charge in [-0.2, -0.15) is 4.31 Å². The van der Waals surface area contributed by atoms with Crippen LogP contribution in [0.5, 0.6) is 0 Å². The van der Waals surface area contributed by atoms with Crippen molar-refractivity contribution in [2.45, 2.75) is 49.1 Å². The summed E-state index contributed by atoms with van der Waals surface area (Å²) in [4.78, 5) is 0.419. The molecule has 0 spiro atoms. The van der Waals surface area contributed by atoms with Crippen LogP contribution in [-0.2, 0) is 17.1 Å². The normalized spacial score (nSPS) is 24.2. The van der Waals surface area contributed by atoms with Gasteiger partial charge in [-0.15, -0.1) is 0 Å². The molecule has 112 valence electrons. The van der Waals surface area contributed by atoms with Crippen molar-refractivity contribution in [1.29, 1.82) is 0 Å². The number of aromatic nitrogens is 1. The average Bonchev–Trinajstić information content (AvgIpc) is 3.17. The molecule has 3 rings (SSSR count). The van der Waals surface area contributed by atoms with Crippen molar-refractivity contribution in [2.75, 3.05) is 13.1 Å². The highest BCUT2D eigenvalue weighted by molar-refractivity contribution is 7.89. The van der Waals surface area contributed by atoms with E-state index in [0.29, 0.717) is 17.5 Å². The molecule has 2 fully saturated rings. The fraction of sp³-hybridized carbons (Fsp3) is 0.714. The number of sulfonamides is 1. The molecule has 1 N–H and O–H groups in total. The molecule has 20 heavy (non-hydrogen) atoms. The van der Waals surface area contributed by atoms with E-state index >= 15 is 0 Å². The molecule has 6 heteroatoms. The number of nitrogens with one attached hydrogen (secondary N) is 1. The first-order valence-corrected chi connectivity index (χ1v) is 8.88. The van der Waals surface area contributed by atoms with Crippen LogP contribution in [0, 0.1) is 0 Å². The summed E-state index contributed by atoms with van der Waals surface area (Å²) in [7, 11) is -1.49. The van der Waals surface area contributed by atoms with E-state index in [0.717, 1.165) is 25.8 Å². The summed E-state index contributed by atoms with van der Waals surface area (Å²) < 4.78 is 29.1. The van der Waals surface area contributed by atoms with Gasteiger partial charge in [-0.1, -0.05) is 6.42 Å². The molecular weight excluding hydrogens is 274 g/mol. The lowest BCUT2D eigenvalue weighted by Crippen LogP contribution is -2.46. The third-order valence-electron chi connectivity index (χ3n) is 4.18. The topological polar surface area (TPSA) is 54.3 Å². The van der Waals surface area contributed by atoms with Gasteiger partial charge in [-0.25, -0.2) is 8.42 Å². The number of nitrogens with zero attached hydrogens (tertiary/aromatic N) is 2. The summed E-state index contributed by atoms with van der Waals surface area (Å²) >= 11 is 0. The van der Waals surface area contributed by atoms with Crippen molar-refractivity contribution in [1.82, 2.24) is 14.2 Å². The smallest absolute Gasteiger partial charge is 0.244 e. The Balaban J connectivity index is 1.79. The van der Waals surface area contributed by atoms with Crippen LogP contribution >= 0.6 is 0 Å². The monoisotopic (exact) mass is 297 g/mol. The van der Waals surface area contributed by atoms with Crippen LogP contribution in [0.25, 0.3) is 0 Å². The predicted octanol–water partition coefficient (Wildman–Crippen LogP) is 1.32. The molecule has 0 aromatic carbocycles. The van der Waals surface area contributed by atoms with Gasteiger partial charge in [0.25, 0.3) is 0 Å². The highest BCUT2D eigenvalue weighted by Crippen LogP contribution is 2.32. The van der Waals surface area contributed by atoms with Gasteiger partial charge in [-0.05, 0) is 38.3 Å². The van der Waals surface area contributed by atoms with Crippen molar-refractivity contribution in [3.05, 3.63) is 18.5 Å². The fourth-order valence-corrected chi connectivity index (χ4v) is 4.65. The van der Waals surface area contributed by atoms with Gasteiger partial charge < -0.3 is 9.88 Å². The van der Waals surface area contributed by atoms with Gasteiger partial charge in [0, 0.05) is 38.1 Å².